The number of benzene rings is 2. The van der Waals surface area contributed by atoms with E-state index in [2.05, 4.69) is 69.4 Å². The molecule has 0 aliphatic carbocycles. The summed E-state index contributed by atoms with van der Waals surface area (Å²) >= 11 is 2.93. The fraction of sp³-hybridized carbons (Fsp3) is 0.269. The fourth-order valence-electron chi connectivity index (χ4n) is 3.57. The second kappa shape index (κ2) is 14.8. The Morgan fingerprint density at radius 3 is 1.70 bits per heavy atom. The first-order valence-electron chi connectivity index (χ1n) is 11.1. The number of methoxy groups -OCH3 is 2. The molecule has 2 atom stereocenters. The average Bonchev–Trinajstić information content (AvgIpc) is 2.88. The topological polar surface area (TPSA) is 149 Å². The predicted molar refractivity (Wildman–Crippen MR) is 138 cm³/mol. The average molecular weight is 575 g/mol. The predicted octanol–water partition coefficient (Wildman–Crippen LogP) is 4.51. The number of rotatable bonds is 11. The van der Waals surface area contributed by atoms with Crippen LogP contribution in [0.15, 0.2) is 77.4 Å². The van der Waals surface area contributed by atoms with Gasteiger partial charge in [-0.3, -0.25) is 24.7 Å². The van der Waals surface area contributed by atoms with Gasteiger partial charge in [-0.1, -0.05) is 60.7 Å². The number of pyridine rings is 1. The van der Waals surface area contributed by atoms with Crippen LogP contribution in [-0.2, 0) is 31.9 Å². The van der Waals surface area contributed by atoms with Gasteiger partial charge in [0.25, 0.3) is 5.69 Å². The number of halogens is 1. The first kappa shape index (κ1) is 29.6. The molecule has 2 N–H and O–H groups in total. The van der Waals surface area contributed by atoms with Crippen LogP contribution in [0, 0.1) is 10.1 Å². The smallest absolute Gasteiger partial charge is 0.324 e. The van der Waals surface area contributed by atoms with E-state index in [1.165, 1.54) is 11.1 Å². The van der Waals surface area contributed by atoms with Crippen LogP contribution >= 0.6 is 15.9 Å². The molecular formula is C26H27BrN2O8. The van der Waals surface area contributed by atoms with Crippen LogP contribution in [0.4, 0.5) is 5.69 Å². The summed E-state index contributed by atoms with van der Waals surface area (Å²) in [4.78, 5) is 34.8. The minimum Gasteiger partial charge on any atom is -0.480 e. The zero-order valence-corrected chi connectivity index (χ0v) is 21.8. The van der Waals surface area contributed by atoms with Crippen molar-refractivity contribution in [3.63, 3.8) is 0 Å². The number of aromatic nitrogens is 1. The molecule has 11 heteroatoms. The number of aliphatic carboxylic acids is 2. The lowest BCUT2D eigenvalue weighted by Crippen LogP contribution is -2.33. The van der Waals surface area contributed by atoms with Crippen molar-refractivity contribution in [3.05, 3.63) is 104 Å². The molecule has 2 aromatic carbocycles. The Hall–Kier alpha value is -3.67. The lowest BCUT2D eigenvalue weighted by Gasteiger charge is -2.25. The van der Waals surface area contributed by atoms with E-state index in [9.17, 15) is 19.7 Å². The van der Waals surface area contributed by atoms with Crippen LogP contribution in [0.5, 0.6) is 0 Å². The van der Waals surface area contributed by atoms with Gasteiger partial charge in [0, 0.05) is 43.8 Å². The molecule has 1 aromatic heterocycles. The summed E-state index contributed by atoms with van der Waals surface area (Å²) < 4.78 is 11.6. The molecule has 2 unspecified atom stereocenters. The minimum absolute atomic E-state index is 0.0580. The van der Waals surface area contributed by atoms with Gasteiger partial charge in [0.2, 0.25) is 5.92 Å². The standard InChI is InChI=1S/C18H22O2.C8H5BrN2O6/c1-19-17(13-15-9-5-3-6-10-15)18(20-2)14-16-11-7-4-8-12-16;9-3-1-4(11(16)17)6(10-2-3)5(7(12)13)8(14)15/h3-12,17-18H,13-14H2,1-2H3;1-2,5H,(H,12,13)(H,14,15). The molecule has 0 amide bonds. The third kappa shape index (κ3) is 9.05. The summed E-state index contributed by atoms with van der Waals surface area (Å²) in [6.07, 6.45) is 2.94. The van der Waals surface area contributed by atoms with E-state index in [0.29, 0.717) is 0 Å². The summed E-state index contributed by atoms with van der Waals surface area (Å²) in [6, 6.07) is 21.8. The molecule has 196 valence electrons. The molecular weight excluding hydrogens is 548 g/mol. The van der Waals surface area contributed by atoms with E-state index in [4.69, 9.17) is 19.7 Å². The van der Waals surface area contributed by atoms with Gasteiger partial charge >= 0.3 is 11.9 Å². The second-order valence-corrected chi connectivity index (χ2v) is 8.77. The van der Waals surface area contributed by atoms with Gasteiger partial charge in [0.05, 0.1) is 17.1 Å². The molecule has 0 aliphatic rings. The van der Waals surface area contributed by atoms with Crippen molar-refractivity contribution in [2.24, 2.45) is 0 Å². The molecule has 0 fully saturated rings. The zero-order chi connectivity index (χ0) is 27.4. The number of carboxylic acids is 2. The van der Waals surface area contributed by atoms with Gasteiger partial charge in [-0.05, 0) is 27.1 Å². The second-order valence-electron chi connectivity index (χ2n) is 7.85. The summed E-state index contributed by atoms with van der Waals surface area (Å²) in [5.41, 5.74) is 1.27. The van der Waals surface area contributed by atoms with Gasteiger partial charge in [-0.15, -0.1) is 0 Å². The molecule has 10 nitrogen and oxygen atoms in total. The summed E-state index contributed by atoms with van der Waals surface area (Å²) in [5.74, 6) is -5.49. The van der Waals surface area contributed by atoms with Gasteiger partial charge in [-0.2, -0.15) is 0 Å². The summed E-state index contributed by atoms with van der Waals surface area (Å²) in [7, 11) is 3.51. The molecule has 1 heterocycles. The molecule has 0 aliphatic heterocycles. The van der Waals surface area contributed by atoms with E-state index in [1.807, 2.05) is 12.1 Å². The zero-order valence-electron chi connectivity index (χ0n) is 20.2. The number of hydrogen-bond donors (Lipinski definition) is 2. The van der Waals surface area contributed by atoms with E-state index in [-0.39, 0.29) is 16.7 Å². The molecule has 37 heavy (non-hydrogen) atoms. The molecule has 0 radical (unpaired) electrons. The Morgan fingerprint density at radius 2 is 1.35 bits per heavy atom. The highest BCUT2D eigenvalue weighted by Crippen LogP contribution is 2.27. The van der Waals surface area contributed by atoms with Crippen molar-refractivity contribution < 1.29 is 34.2 Å². The van der Waals surface area contributed by atoms with Crippen LogP contribution in [0.1, 0.15) is 22.7 Å². The number of nitrogens with zero attached hydrogens (tertiary/aromatic N) is 2. The number of carboxylic acid groups (broad SMARTS) is 2. The molecule has 3 aromatic rings. The van der Waals surface area contributed by atoms with Crippen LogP contribution < -0.4 is 0 Å². The molecule has 3 rings (SSSR count). The normalized spacial score (nSPS) is 12.2. The Labute approximate surface area is 222 Å². The number of ether oxygens (including phenoxy) is 2. The van der Waals surface area contributed by atoms with Gasteiger partial charge in [0.1, 0.15) is 5.69 Å². The number of nitro groups is 1. The van der Waals surface area contributed by atoms with Crippen LogP contribution in [0.2, 0.25) is 0 Å². The van der Waals surface area contributed by atoms with Crippen molar-refractivity contribution in [1.82, 2.24) is 4.98 Å². The van der Waals surface area contributed by atoms with Crippen LogP contribution in [0.25, 0.3) is 0 Å². The first-order valence-corrected chi connectivity index (χ1v) is 11.9. The van der Waals surface area contributed by atoms with E-state index < -0.39 is 34.2 Å². The highest BCUT2D eigenvalue weighted by Gasteiger charge is 2.35. The van der Waals surface area contributed by atoms with E-state index in [1.54, 1.807) is 14.2 Å². The Morgan fingerprint density at radius 1 is 0.919 bits per heavy atom. The Bertz CT molecular complexity index is 1120. The van der Waals surface area contributed by atoms with E-state index >= 15 is 0 Å². The quantitative estimate of drug-likeness (QED) is 0.191. The highest BCUT2D eigenvalue weighted by molar-refractivity contribution is 9.10. The lowest BCUT2D eigenvalue weighted by molar-refractivity contribution is -0.386. The SMILES string of the molecule is COC(Cc1ccccc1)C(Cc1ccccc1)OC.O=C(O)C(C(=O)O)c1ncc(Br)cc1[N+](=O)[O-]. The maximum atomic E-state index is 10.7. The van der Waals surface area contributed by atoms with Gasteiger partial charge < -0.3 is 19.7 Å². The summed E-state index contributed by atoms with van der Waals surface area (Å²) in [5, 5.41) is 28.1. The Kier molecular flexibility index (Phi) is 11.8. The number of carbonyl (C=O) groups is 2. The third-order valence-corrected chi connectivity index (χ3v) is 5.84. The monoisotopic (exact) mass is 574 g/mol. The minimum atomic E-state index is -2.07. The third-order valence-electron chi connectivity index (χ3n) is 5.41. The largest absolute Gasteiger partial charge is 0.480 e. The molecule has 0 saturated heterocycles. The van der Waals surface area contributed by atoms with Crippen molar-refractivity contribution in [1.29, 1.82) is 0 Å². The van der Waals surface area contributed by atoms with E-state index in [0.717, 1.165) is 25.1 Å². The van der Waals surface area contributed by atoms with Crippen molar-refractivity contribution in [2.75, 3.05) is 14.2 Å². The van der Waals surface area contributed by atoms with Gasteiger partial charge in [-0.25, -0.2) is 0 Å². The number of hydrogen-bond acceptors (Lipinski definition) is 7. The maximum Gasteiger partial charge on any atom is 0.324 e. The van der Waals surface area contributed by atoms with Crippen molar-refractivity contribution in [3.8, 4) is 0 Å². The summed E-state index contributed by atoms with van der Waals surface area (Å²) in [6.45, 7) is 0. The van der Waals surface area contributed by atoms with Crippen molar-refractivity contribution >= 4 is 33.6 Å². The van der Waals surface area contributed by atoms with Crippen LogP contribution in [0.3, 0.4) is 0 Å². The lowest BCUT2D eigenvalue weighted by atomic mass is 9.98. The molecule has 0 saturated carbocycles. The molecule has 0 spiro atoms. The first-order chi connectivity index (χ1) is 17.7. The Balaban J connectivity index is 0.000000264. The molecule has 0 bridgehead atoms. The maximum absolute atomic E-state index is 10.7. The highest BCUT2D eigenvalue weighted by atomic mass is 79.9. The fourth-order valence-corrected chi connectivity index (χ4v) is 3.89. The van der Waals surface area contributed by atoms with Crippen LogP contribution in [-0.4, -0.2) is 58.5 Å². The van der Waals surface area contributed by atoms with Gasteiger partial charge in [0.15, 0.2) is 0 Å². The van der Waals surface area contributed by atoms with Crippen molar-refractivity contribution in [2.45, 2.75) is 31.0 Å².